The Labute approximate surface area is 109 Å². The fourth-order valence-corrected chi connectivity index (χ4v) is 1.95. The molecule has 1 aromatic rings. The maximum atomic E-state index is 12.0. The maximum absolute atomic E-state index is 12.0. The molecular formula is C13H12N2O4. The van der Waals surface area contributed by atoms with E-state index < -0.39 is 11.8 Å². The maximum Gasteiger partial charge on any atom is 0.261 e. The third-order valence-corrected chi connectivity index (χ3v) is 3.02. The number of amides is 3. The average Bonchev–Trinajstić information content (AvgIpc) is 2.61. The van der Waals surface area contributed by atoms with Crippen LogP contribution < -0.4 is 0 Å². The molecule has 1 heterocycles. The highest BCUT2D eigenvalue weighted by Crippen LogP contribution is 2.25. The summed E-state index contributed by atoms with van der Waals surface area (Å²) in [5, 5.41) is 0. The first-order chi connectivity index (χ1) is 8.88. The predicted octanol–water partition coefficient (Wildman–Crippen LogP) is 0.427. The van der Waals surface area contributed by atoms with Crippen LogP contribution in [0.5, 0.6) is 0 Å². The van der Waals surface area contributed by atoms with Crippen molar-refractivity contribution in [2.75, 3.05) is 21.1 Å². The van der Waals surface area contributed by atoms with Crippen LogP contribution in [-0.4, -0.2) is 55.0 Å². The van der Waals surface area contributed by atoms with Gasteiger partial charge in [-0.15, -0.1) is 0 Å². The summed E-state index contributed by atoms with van der Waals surface area (Å²) < 4.78 is 0. The van der Waals surface area contributed by atoms with Crippen molar-refractivity contribution >= 4 is 24.0 Å². The van der Waals surface area contributed by atoms with E-state index in [0.717, 1.165) is 4.90 Å². The van der Waals surface area contributed by atoms with Gasteiger partial charge in [-0.1, -0.05) is 0 Å². The van der Waals surface area contributed by atoms with Gasteiger partial charge in [0.2, 0.25) is 0 Å². The van der Waals surface area contributed by atoms with Crippen molar-refractivity contribution in [3.8, 4) is 0 Å². The topological polar surface area (TPSA) is 74.8 Å². The second-order valence-corrected chi connectivity index (χ2v) is 4.47. The molecule has 0 aromatic heterocycles. The van der Waals surface area contributed by atoms with E-state index in [1.807, 2.05) is 0 Å². The van der Waals surface area contributed by atoms with Crippen molar-refractivity contribution in [3.63, 3.8) is 0 Å². The standard InChI is InChI=1S/C13H12N2O4/c1-14(2)11(17)8-5-10-9(4-7(8)6-16)12(18)15(3)13(10)19/h4-6H,1-3H3. The summed E-state index contributed by atoms with van der Waals surface area (Å²) in [6.07, 6.45) is 0.507. The molecule has 19 heavy (non-hydrogen) atoms. The van der Waals surface area contributed by atoms with Gasteiger partial charge in [-0.05, 0) is 12.1 Å². The van der Waals surface area contributed by atoms with Gasteiger partial charge in [0, 0.05) is 26.7 Å². The van der Waals surface area contributed by atoms with Crippen molar-refractivity contribution in [1.29, 1.82) is 0 Å². The van der Waals surface area contributed by atoms with E-state index in [1.54, 1.807) is 14.1 Å². The largest absolute Gasteiger partial charge is 0.345 e. The van der Waals surface area contributed by atoms with Crippen LogP contribution in [0.25, 0.3) is 0 Å². The minimum absolute atomic E-state index is 0.105. The molecule has 0 aliphatic carbocycles. The molecule has 0 bridgehead atoms. The zero-order chi connectivity index (χ0) is 14.3. The Morgan fingerprint density at radius 1 is 1.16 bits per heavy atom. The number of carbonyl (C=O) groups is 4. The van der Waals surface area contributed by atoms with E-state index in [0.29, 0.717) is 6.29 Å². The molecule has 0 N–H and O–H groups in total. The Kier molecular flexibility index (Phi) is 2.94. The smallest absolute Gasteiger partial charge is 0.261 e. The molecule has 98 valence electrons. The Bertz CT molecular complexity index is 619. The van der Waals surface area contributed by atoms with Gasteiger partial charge in [-0.3, -0.25) is 24.1 Å². The van der Waals surface area contributed by atoms with Crippen molar-refractivity contribution < 1.29 is 19.2 Å². The highest BCUT2D eigenvalue weighted by Gasteiger charge is 2.34. The average molecular weight is 260 g/mol. The number of hydrogen-bond acceptors (Lipinski definition) is 4. The molecule has 6 nitrogen and oxygen atoms in total. The van der Waals surface area contributed by atoms with E-state index in [9.17, 15) is 19.2 Å². The van der Waals surface area contributed by atoms with Gasteiger partial charge in [-0.2, -0.15) is 0 Å². The molecule has 0 saturated carbocycles. The van der Waals surface area contributed by atoms with Crippen molar-refractivity contribution in [3.05, 3.63) is 34.4 Å². The molecule has 0 radical (unpaired) electrons. The summed E-state index contributed by atoms with van der Waals surface area (Å²) in [5.41, 5.74) is 0.539. The third kappa shape index (κ3) is 1.81. The predicted molar refractivity (Wildman–Crippen MR) is 66.3 cm³/mol. The SMILES string of the molecule is CN(C)C(=O)c1cc2c(cc1C=O)C(=O)N(C)C2=O. The lowest BCUT2D eigenvalue weighted by atomic mass is 9.99. The van der Waals surface area contributed by atoms with Gasteiger partial charge in [0.05, 0.1) is 16.7 Å². The summed E-state index contributed by atoms with van der Waals surface area (Å²) in [6, 6.07) is 2.61. The van der Waals surface area contributed by atoms with Crippen LogP contribution in [0.1, 0.15) is 41.4 Å². The van der Waals surface area contributed by atoms with Crippen LogP contribution in [0.15, 0.2) is 12.1 Å². The van der Waals surface area contributed by atoms with E-state index in [2.05, 4.69) is 0 Å². The molecule has 2 rings (SSSR count). The lowest BCUT2D eigenvalue weighted by Gasteiger charge is -2.12. The zero-order valence-electron chi connectivity index (χ0n) is 10.8. The molecule has 0 atom stereocenters. The van der Waals surface area contributed by atoms with Gasteiger partial charge in [0.15, 0.2) is 6.29 Å². The third-order valence-electron chi connectivity index (χ3n) is 3.02. The Morgan fingerprint density at radius 3 is 2.16 bits per heavy atom. The van der Waals surface area contributed by atoms with Crippen molar-refractivity contribution in [2.24, 2.45) is 0 Å². The summed E-state index contributed by atoms with van der Waals surface area (Å²) in [5.74, 6) is -1.32. The number of aldehydes is 1. The molecule has 6 heteroatoms. The summed E-state index contributed by atoms with van der Waals surface area (Å²) in [6.45, 7) is 0. The Balaban J connectivity index is 2.68. The number of carbonyl (C=O) groups excluding carboxylic acids is 4. The lowest BCUT2D eigenvalue weighted by molar-refractivity contribution is 0.0692. The monoisotopic (exact) mass is 260 g/mol. The van der Waals surface area contributed by atoms with Crippen LogP contribution in [0.2, 0.25) is 0 Å². The van der Waals surface area contributed by atoms with E-state index >= 15 is 0 Å². The molecule has 0 spiro atoms. The molecule has 1 aliphatic rings. The second-order valence-electron chi connectivity index (χ2n) is 4.47. The van der Waals surface area contributed by atoms with Crippen LogP contribution >= 0.6 is 0 Å². The van der Waals surface area contributed by atoms with Gasteiger partial charge >= 0.3 is 0 Å². The first kappa shape index (κ1) is 12.9. The van der Waals surface area contributed by atoms with Gasteiger partial charge in [0.25, 0.3) is 17.7 Å². The molecular weight excluding hydrogens is 248 g/mol. The highest BCUT2D eigenvalue weighted by molar-refractivity contribution is 6.22. The van der Waals surface area contributed by atoms with Crippen LogP contribution in [0.4, 0.5) is 0 Å². The summed E-state index contributed by atoms with van der Waals surface area (Å²) in [7, 11) is 4.45. The highest BCUT2D eigenvalue weighted by atomic mass is 16.2. The number of fused-ring (bicyclic) bond motifs is 1. The summed E-state index contributed by atoms with van der Waals surface area (Å²) >= 11 is 0. The fraction of sp³-hybridized carbons (Fsp3) is 0.231. The van der Waals surface area contributed by atoms with Gasteiger partial charge in [-0.25, -0.2) is 0 Å². The molecule has 1 aromatic carbocycles. The summed E-state index contributed by atoms with van der Waals surface area (Å²) in [4.78, 5) is 48.9. The molecule has 0 saturated heterocycles. The molecule has 1 aliphatic heterocycles. The zero-order valence-corrected chi connectivity index (χ0v) is 10.8. The van der Waals surface area contributed by atoms with E-state index in [1.165, 1.54) is 24.1 Å². The van der Waals surface area contributed by atoms with Crippen LogP contribution in [0.3, 0.4) is 0 Å². The Hall–Kier alpha value is -2.50. The number of hydrogen-bond donors (Lipinski definition) is 0. The van der Waals surface area contributed by atoms with E-state index in [-0.39, 0.29) is 28.2 Å². The van der Waals surface area contributed by atoms with Crippen molar-refractivity contribution in [2.45, 2.75) is 0 Å². The van der Waals surface area contributed by atoms with Crippen LogP contribution in [0, 0.1) is 0 Å². The molecule has 3 amide bonds. The normalized spacial score (nSPS) is 13.5. The Morgan fingerprint density at radius 2 is 1.68 bits per heavy atom. The van der Waals surface area contributed by atoms with E-state index in [4.69, 9.17) is 0 Å². The van der Waals surface area contributed by atoms with Gasteiger partial charge in [0.1, 0.15) is 0 Å². The molecule has 0 unspecified atom stereocenters. The molecule has 0 fully saturated rings. The number of imide groups is 1. The number of benzene rings is 1. The first-order valence-corrected chi connectivity index (χ1v) is 5.55. The minimum atomic E-state index is -0.467. The minimum Gasteiger partial charge on any atom is -0.345 e. The van der Waals surface area contributed by atoms with Crippen LogP contribution in [-0.2, 0) is 0 Å². The first-order valence-electron chi connectivity index (χ1n) is 5.55. The fourth-order valence-electron chi connectivity index (χ4n) is 1.95. The van der Waals surface area contributed by atoms with Gasteiger partial charge < -0.3 is 4.90 Å². The van der Waals surface area contributed by atoms with Crippen molar-refractivity contribution in [1.82, 2.24) is 9.80 Å². The second kappa shape index (κ2) is 4.31. The number of nitrogens with zero attached hydrogens (tertiary/aromatic N) is 2. The lowest BCUT2D eigenvalue weighted by Crippen LogP contribution is -2.24. The number of rotatable bonds is 2. The quantitative estimate of drug-likeness (QED) is 0.570.